The molecule has 2 N–H and O–H groups in total. The van der Waals surface area contributed by atoms with Gasteiger partial charge in [-0.2, -0.15) is 5.10 Å². The van der Waals surface area contributed by atoms with E-state index >= 15 is 0 Å². The molecule has 0 unspecified atom stereocenters. The smallest absolute Gasteiger partial charge is 0.288 e. The van der Waals surface area contributed by atoms with Gasteiger partial charge in [0.05, 0.1) is 6.20 Å². The first kappa shape index (κ1) is 13.5. The number of ether oxygens (including phenoxy) is 1. The summed E-state index contributed by atoms with van der Waals surface area (Å²) in [5, 5.41) is 9.17. The third kappa shape index (κ3) is 3.53. The lowest BCUT2D eigenvalue weighted by Crippen LogP contribution is -2.40. The molecule has 21 heavy (non-hydrogen) atoms. The van der Waals surface area contributed by atoms with Crippen molar-refractivity contribution in [2.45, 2.75) is 37.8 Å². The first-order chi connectivity index (χ1) is 10.3. The highest BCUT2D eigenvalue weighted by Crippen LogP contribution is 2.22. The van der Waals surface area contributed by atoms with Gasteiger partial charge >= 0.3 is 0 Å². The van der Waals surface area contributed by atoms with Crippen molar-refractivity contribution in [3.05, 3.63) is 30.7 Å². The number of H-pyrrole nitrogens is 1. The van der Waals surface area contributed by atoms with Gasteiger partial charge in [-0.05, 0) is 25.7 Å². The van der Waals surface area contributed by atoms with Gasteiger partial charge in [0.1, 0.15) is 12.4 Å². The van der Waals surface area contributed by atoms with Crippen molar-refractivity contribution in [3.63, 3.8) is 0 Å². The second-order valence-electron chi connectivity index (χ2n) is 4.94. The van der Waals surface area contributed by atoms with Crippen molar-refractivity contribution in [1.82, 2.24) is 30.5 Å². The van der Waals surface area contributed by atoms with E-state index in [4.69, 9.17) is 4.74 Å². The molecule has 1 aliphatic rings. The van der Waals surface area contributed by atoms with Gasteiger partial charge in [0.25, 0.3) is 5.91 Å². The van der Waals surface area contributed by atoms with Crippen molar-refractivity contribution in [2.24, 2.45) is 0 Å². The van der Waals surface area contributed by atoms with Gasteiger partial charge in [-0.3, -0.25) is 14.9 Å². The molecule has 8 nitrogen and oxygen atoms in total. The van der Waals surface area contributed by atoms with Gasteiger partial charge in [-0.15, -0.1) is 0 Å². The third-order valence-corrected chi connectivity index (χ3v) is 3.47. The van der Waals surface area contributed by atoms with Gasteiger partial charge < -0.3 is 10.1 Å². The summed E-state index contributed by atoms with van der Waals surface area (Å²) >= 11 is 0. The van der Waals surface area contributed by atoms with E-state index in [0.29, 0.717) is 5.88 Å². The summed E-state index contributed by atoms with van der Waals surface area (Å²) in [6, 6.07) is 0.143. The summed E-state index contributed by atoms with van der Waals surface area (Å²) < 4.78 is 5.77. The number of nitrogens with one attached hydrogen (secondary N) is 2. The van der Waals surface area contributed by atoms with Crippen LogP contribution in [0.3, 0.4) is 0 Å². The summed E-state index contributed by atoms with van der Waals surface area (Å²) in [5.74, 6) is 0.574. The molecule has 2 aromatic rings. The van der Waals surface area contributed by atoms with Crippen LogP contribution in [0.25, 0.3) is 0 Å². The Bertz CT molecular complexity index is 566. The Morgan fingerprint density at radius 1 is 1.24 bits per heavy atom. The molecular weight excluding hydrogens is 272 g/mol. The van der Waals surface area contributed by atoms with Crippen LogP contribution in [0.4, 0.5) is 0 Å². The van der Waals surface area contributed by atoms with Gasteiger partial charge in [-0.1, -0.05) is 0 Å². The molecule has 0 spiro atoms. The quantitative estimate of drug-likeness (QED) is 0.858. The van der Waals surface area contributed by atoms with Crippen LogP contribution < -0.4 is 10.1 Å². The van der Waals surface area contributed by atoms with E-state index in [1.54, 1.807) is 18.6 Å². The van der Waals surface area contributed by atoms with Crippen LogP contribution in [-0.2, 0) is 0 Å². The molecule has 2 aromatic heterocycles. The lowest BCUT2D eigenvalue weighted by molar-refractivity contribution is 0.0880. The van der Waals surface area contributed by atoms with Crippen LogP contribution in [0.15, 0.2) is 24.9 Å². The molecule has 0 atom stereocenters. The topological polar surface area (TPSA) is 106 Å². The molecule has 1 fully saturated rings. The highest BCUT2D eigenvalue weighted by Gasteiger charge is 2.24. The van der Waals surface area contributed by atoms with Crippen molar-refractivity contribution in [1.29, 1.82) is 0 Å². The predicted octanol–water partition coefficient (Wildman–Crippen LogP) is 0.715. The lowest BCUT2D eigenvalue weighted by Gasteiger charge is -2.28. The van der Waals surface area contributed by atoms with E-state index in [9.17, 15) is 4.79 Å². The highest BCUT2D eigenvalue weighted by atomic mass is 16.5. The molecule has 8 heteroatoms. The zero-order chi connectivity index (χ0) is 14.5. The lowest BCUT2D eigenvalue weighted by atomic mass is 9.93. The average Bonchev–Trinajstić information content (AvgIpc) is 3.05. The zero-order valence-electron chi connectivity index (χ0n) is 11.4. The number of carbonyl (C=O) groups excluding carboxylic acids is 1. The Morgan fingerprint density at radius 3 is 2.76 bits per heavy atom. The largest absolute Gasteiger partial charge is 0.473 e. The van der Waals surface area contributed by atoms with Crippen LogP contribution in [-0.4, -0.2) is 43.2 Å². The number of aromatic nitrogens is 5. The molecular formula is C13H16N6O2. The monoisotopic (exact) mass is 288 g/mol. The fraction of sp³-hybridized carbons (Fsp3) is 0.462. The fourth-order valence-electron chi connectivity index (χ4n) is 2.41. The third-order valence-electron chi connectivity index (χ3n) is 3.47. The zero-order valence-corrected chi connectivity index (χ0v) is 11.4. The molecule has 0 saturated heterocycles. The minimum absolute atomic E-state index is 0.125. The number of hydrogen-bond donors (Lipinski definition) is 2. The molecule has 0 bridgehead atoms. The Kier molecular flexibility index (Phi) is 4.04. The molecule has 1 aliphatic carbocycles. The van der Waals surface area contributed by atoms with E-state index in [0.717, 1.165) is 25.7 Å². The summed E-state index contributed by atoms with van der Waals surface area (Å²) in [6.45, 7) is 0. The van der Waals surface area contributed by atoms with Crippen LogP contribution in [0, 0.1) is 0 Å². The Labute approximate surface area is 121 Å². The number of nitrogens with zero attached hydrogens (tertiary/aromatic N) is 4. The Morgan fingerprint density at radius 2 is 2.10 bits per heavy atom. The second-order valence-corrected chi connectivity index (χ2v) is 4.94. The SMILES string of the molecule is O=C(NC1CCC(Oc2cnccn2)CC1)c1ncn[nH]1. The number of amides is 1. The second kappa shape index (κ2) is 6.29. The van der Waals surface area contributed by atoms with Crippen LogP contribution in [0.1, 0.15) is 36.3 Å². The number of carbonyl (C=O) groups is 1. The summed E-state index contributed by atoms with van der Waals surface area (Å²) in [5.41, 5.74) is 0. The standard InChI is InChI=1S/C13H16N6O2/c20-13(12-16-8-17-19-12)18-9-1-3-10(4-2-9)21-11-7-14-5-6-15-11/h5-10H,1-4H2,(H,18,20)(H,16,17,19). The molecule has 0 radical (unpaired) electrons. The van der Waals surface area contributed by atoms with Crippen LogP contribution in [0.5, 0.6) is 5.88 Å². The summed E-state index contributed by atoms with van der Waals surface area (Å²) in [6.07, 6.45) is 9.76. The van der Waals surface area contributed by atoms with Crippen molar-refractivity contribution in [2.75, 3.05) is 0 Å². The Balaban J connectivity index is 1.46. The maximum Gasteiger partial charge on any atom is 0.288 e. The van der Waals surface area contributed by atoms with Crippen LogP contribution >= 0.6 is 0 Å². The normalized spacial score (nSPS) is 21.7. The van der Waals surface area contributed by atoms with E-state index < -0.39 is 0 Å². The Hall–Kier alpha value is -2.51. The maximum absolute atomic E-state index is 11.9. The van der Waals surface area contributed by atoms with E-state index in [1.165, 1.54) is 6.33 Å². The highest BCUT2D eigenvalue weighted by molar-refractivity contribution is 5.90. The summed E-state index contributed by atoms with van der Waals surface area (Å²) in [4.78, 5) is 23.8. The van der Waals surface area contributed by atoms with Gasteiger partial charge in [0.15, 0.2) is 0 Å². The molecule has 0 aliphatic heterocycles. The molecule has 2 heterocycles. The molecule has 110 valence electrons. The van der Waals surface area contributed by atoms with E-state index in [1.807, 2.05) is 0 Å². The number of rotatable bonds is 4. The first-order valence-corrected chi connectivity index (χ1v) is 6.90. The maximum atomic E-state index is 11.9. The van der Waals surface area contributed by atoms with Gasteiger partial charge in [-0.25, -0.2) is 9.97 Å². The number of aromatic amines is 1. The van der Waals surface area contributed by atoms with Gasteiger partial charge in [0.2, 0.25) is 11.7 Å². The minimum Gasteiger partial charge on any atom is -0.473 e. The predicted molar refractivity (Wildman–Crippen MR) is 72.6 cm³/mol. The summed E-state index contributed by atoms with van der Waals surface area (Å²) in [7, 11) is 0. The van der Waals surface area contributed by atoms with Crippen molar-refractivity contribution < 1.29 is 9.53 Å². The first-order valence-electron chi connectivity index (χ1n) is 6.90. The van der Waals surface area contributed by atoms with E-state index in [2.05, 4.69) is 30.5 Å². The fourth-order valence-corrected chi connectivity index (χ4v) is 2.41. The van der Waals surface area contributed by atoms with Crippen molar-refractivity contribution in [3.8, 4) is 5.88 Å². The van der Waals surface area contributed by atoms with E-state index in [-0.39, 0.29) is 23.9 Å². The van der Waals surface area contributed by atoms with Crippen LogP contribution in [0.2, 0.25) is 0 Å². The molecule has 1 amide bonds. The van der Waals surface area contributed by atoms with Crippen molar-refractivity contribution >= 4 is 5.91 Å². The molecule has 3 rings (SSSR count). The average molecular weight is 288 g/mol. The molecule has 1 saturated carbocycles. The number of hydrogen-bond acceptors (Lipinski definition) is 6. The molecule has 0 aromatic carbocycles. The minimum atomic E-state index is -0.217. The van der Waals surface area contributed by atoms with Gasteiger partial charge in [0, 0.05) is 18.4 Å².